The fourth-order valence-electron chi connectivity index (χ4n) is 1.22. The van der Waals surface area contributed by atoms with Crippen molar-refractivity contribution in [1.82, 2.24) is 0 Å². The third-order valence-electron chi connectivity index (χ3n) is 2.07. The maximum Gasteiger partial charge on any atom is 0.0913 e. The first kappa shape index (κ1) is 10.6. The number of hydrogen-bond donors (Lipinski definition) is 0. The predicted octanol–water partition coefficient (Wildman–Crippen LogP) is 3.42. The predicted molar refractivity (Wildman–Crippen MR) is 61.0 cm³/mol. The molecule has 1 nitrogen and oxygen atoms in total. The minimum Gasteiger partial charge on any atom is -0.501 e. The second-order valence-electron chi connectivity index (χ2n) is 3.26. The summed E-state index contributed by atoms with van der Waals surface area (Å²) in [6.45, 7) is 10.1. The van der Waals surface area contributed by atoms with Gasteiger partial charge in [0.05, 0.1) is 12.9 Å². The summed E-state index contributed by atoms with van der Waals surface area (Å²) >= 11 is 0. The SMILES string of the molecule is C=COCCc1ccc(C(=C)C)cc1. The first-order chi connectivity index (χ1) is 6.74. The Labute approximate surface area is 85.7 Å². The quantitative estimate of drug-likeness (QED) is 0.508. The standard InChI is InChI=1S/C13H16O/c1-4-14-10-9-12-5-7-13(8-6-12)11(2)3/h4-8H,1-2,9-10H2,3H3. The van der Waals surface area contributed by atoms with E-state index in [0.29, 0.717) is 6.61 Å². The van der Waals surface area contributed by atoms with Gasteiger partial charge >= 0.3 is 0 Å². The highest BCUT2D eigenvalue weighted by molar-refractivity contribution is 5.61. The van der Waals surface area contributed by atoms with Gasteiger partial charge in [-0.15, -0.1) is 0 Å². The van der Waals surface area contributed by atoms with Gasteiger partial charge in [-0.1, -0.05) is 43.0 Å². The Morgan fingerprint density at radius 2 is 2.00 bits per heavy atom. The van der Waals surface area contributed by atoms with Crippen molar-refractivity contribution in [1.29, 1.82) is 0 Å². The van der Waals surface area contributed by atoms with Gasteiger partial charge in [0.25, 0.3) is 0 Å². The molecule has 0 heterocycles. The summed E-state index contributed by atoms with van der Waals surface area (Å²) in [7, 11) is 0. The lowest BCUT2D eigenvalue weighted by Gasteiger charge is -2.03. The Bertz CT molecular complexity index is 309. The van der Waals surface area contributed by atoms with Crippen LogP contribution in [0, 0.1) is 0 Å². The molecule has 0 aliphatic heterocycles. The summed E-state index contributed by atoms with van der Waals surface area (Å²) in [5, 5.41) is 0. The van der Waals surface area contributed by atoms with E-state index in [1.165, 1.54) is 17.4 Å². The van der Waals surface area contributed by atoms with Gasteiger partial charge in [0.2, 0.25) is 0 Å². The largest absolute Gasteiger partial charge is 0.501 e. The number of rotatable bonds is 5. The fraction of sp³-hybridized carbons (Fsp3) is 0.231. The van der Waals surface area contributed by atoms with E-state index in [1.807, 2.05) is 6.92 Å². The normalized spacial score (nSPS) is 9.50. The van der Waals surface area contributed by atoms with Crippen LogP contribution in [-0.2, 0) is 11.2 Å². The number of hydrogen-bond acceptors (Lipinski definition) is 1. The van der Waals surface area contributed by atoms with Crippen molar-refractivity contribution in [2.24, 2.45) is 0 Å². The van der Waals surface area contributed by atoms with Crippen LogP contribution in [0.5, 0.6) is 0 Å². The van der Waals surface area contributed by atoms with Crippen molar-refractivity contribution in [2.45, 2.75) is 13.3 Å². The van der Waals surface area contributed by atoms with E-state index in [-0.39, 0.29) is 0 Å². The van der Waals surface area contributed by atoms with Crippen LogP contribution in [0.4, 0.5) is 0 Å². The second kappa shape index (κ2) is 5.28. The first-order valence-corrected chi connectivity index (χ1v) is 4.71. The Morgan fingerprint density at radius 3 is 2.50 bits per heavy atom. The molecule has 0 N–H and O–H groups in total. The van der Waals surface area contributed by atoms with Gasteiger partial charge in [0.1, 0.15) is 0 Å². The van der Waals surface area contributed by atoms with Crippen molar-refractivity contribution in [3.8, 4) is 0 Å². The van der Waals surface area contributed by atoms with E-state index in [1.54, 1.807) is 0 Å². The summed E-state index contributed by atoms with van der Waals surface area (Å²) in [6.07, 6.45) is 2.39. The molecule has 0 aromatic heterocycles. The molecule has 0 aliphatic rings. The molecule has 14 heavy (non-hydrogen) atoms. The molecule has 0 spiro atoms. The molecule has 1 rings (SSSR count). The zero-order chi connectivity index (χ0) is 10.4. The van der Waals surface area contributed by atoms with Crippen LogP contribution in [0.1, 0.15) is 18.1 Å². The molecule has 0 aliphatic carbocycles. The zero-order valence-electron chi connectivity index (χ0n) is 8.62. The minimum absolute atomic E-state index is 0.690. The molecule has 0 amide bonds. The Hall–Kier alpha value is -1.50. The molecule has 0 radical (unpaired) electrons. The van der Waals surface area contributed by atoms with Crippen molar-refractivity contribution < 1.29 is 4.74 Å². The molecule has 0 saturated heterocycles. The van der Waals surface area contributed by atoms with Gasteiger partial charge in [-0.25, -0.2) is 0 Å². The van der Waals surface area contributed by atoms with E-state index in [9.17, 15) is 0 Å². The van der Waals surface area contributed by atoms with Crippen molar-refractivity contribution in [3.05, 3.63) is 54.8 Å². The average Bonchev–Trinajstić information content (AvgIpc) is 2.19. The van der Waals surface area contributed by atoms with Gasteiger partial charge in [-0.05, 0) is 18.1 Å². The molecule has 74 valence electrons. The molecule has 0 unspecified atom stereocenters. The van der Waals surface area contributed by atoms with E-state index in [0.717, 1.165) is 12.0 Å². The average molecular weight is 188 g/mol. The second-order valence-corrected chi connectivity index (χ2v) is 3.26. The lowest BCUT2D eigenvalue weighted by Crippen LogP contribution is -1.93. The number of benzene rings is 1. The molecule has 0 fully saturated rings. The van der Waals surface area contributed by atoms with Gasteiger partial charge in [-0.3, -0.25) is 0 Å². The maximum absolute atomic E-state index is 5.06. The summed E-state index contributed by atoms with van der Waals surface area (Å²) in [6, 6.07) is 8.39. The van der Waals surface area contributed by atoms with Crippen molar-refractivity contribution in [2.75, 3.05) is 6.61 Å². The lowest BCUT2D eigenvalue weighted by molar-refractivity contribution is 0.255. The van der Waals surface area contributed by atoms with Crippen molar-refractivity contribution in [3.63, 3.8) is 0 Å². The van der Waals surface area contributed by atoms with Crippen LogP contribution in [0.15, 0.2) is 43.7 Å². The maximum atomic E-state index is 5.06. The van der Waals surface area contributed by atoms with Crippen molar-refractivity contribution >= 4 is 5.57 Å². The molecule has 1 heteroatoms. The third kappa shape index (κ3) is 3.09. The van der Waals surface area contributed by atoms with Crippen LogP contribution in [0.3, 0.4) is 0 Å². The van der Waals surface area contributed by atoms with Crippen LogP contribution in [0.2, 0.25) is 0 Å². The minimum atomic E-state index is 0.690. The molecule has 0 bridgehead atoms. The Morgan fingerprint density at radius 1 is 1.36 bits per heavy atom. The Balaban J connectivity index is 2.55. The molecule has 1 aromatic carbocycles. The molecule has 0 atom stereocenters. The third-order valence-corrected chi connectivity index (χ3v) is 2.07. The highest BCUT2D eigenvalue weighted by atomic mass is 16.5. The monoisotopic (exact) mass is 188 g/mol. The molecular formula is C13H16O. The van der Waals surface area contributed by atoms with Gasteiger partial charge in [0, 0.05) is 6.42 Å². The van der Waals surface area contributed by atoms with E-state index in [2.05, 4.69) is 37.4 Å². The van der Waals surface area contributed by atoms with Crippen LogP contribution >= 0.6 is 0 Å². The number of allylic oxidation sites excluding steroid dienone is 1. The lowest BCUT2D eigenvalue weighted by atomic mass is 10.1. The first-order valence-electron chi connectivity index (χ1n) is 4.71. The zero-order valence-corrected chi connectivity index (χ0v) is 8.62. The smallest absolute Gasteiger partial charge is 0.0913 e. The summed E-state index contributed by atoms with van der Waals surface area (Å²) in [5.41, 5.74) is 3.56. The molecule has 1 aromatic rings. The fourth-order valence-corrected chi connectivity index (χ4v) is 1.22. The Kier molecular flexibility index (Phi) is 3.99. The van der Waals surface area contributed by atoms with Crippen LogP contribution < -0.4 is 0 Å². The highest BCUT2D eigenvalue weighted by Crippen LogP contribution is 2.12. The van der Waals surface area contributed by atoms with Crippen LogP contribution in [0.25, 0.3) is 5.57 Å². The van der Waals surface area contributed by atoms with Gasteiger partial charge in [-0.2, -0.15) is 0 Å². The van der Waals surface area contributed by atoms with E-state index < -0.39 is 0 Å². The number of ether oxygens (including phenoxy) is 1. The van der Waals surface area contributed by atoms with Crippen LogP contribution in [-0.4, -0.2) is 6.61 Å². The van der Waals surface area contributed by atoms with Gasteiger partial charge < -0.3 is 4.74 Å². The molecular weight excluding hydrogens is 172 g/mol. The topological polar surface area (TPSA) is 9.23 Å². The summed E-state index contributed by atoms with van der Waals surface area (Å²) in [4.78, 5) is 0. The van der Waals surface area contributed by atoms with Gasteiger partial charge in [0.15, 0.2) is 0 Å². The summed E-state index contributed by atoms with van der Waals surface area (Å²) in [5.74, 6) is 0. The van der Waals surface area contributed by atoms with E-state index in [4.69, 9.17) is 4.74 Å². The highest BCUT2D eigenvalue weighted by Gasteiger charge is 1.94. The van der Waals surface area contributed by atoms with E-state index >= 15 is 0 Å². The molecule has 0 saturated carbocycles. The summed E-state index contributed by atoms with van der Waals surface area (Å²) < 4.78 is 5.06.